The van der Waals surface area contributed by atoms with E-state index in [9.17, 15) is 0 Å². The van der Waals surface area contributed by atoms with Crippen molar-refractivity contribution in [3.63, 3.8) is 0 Å². The Morgan fingerprint density at radius 3 is 2.55 bits per heavy atom. The molecule has 0 fully saturated rings. The van der Waals surface area contributed by atoms with E-state index < -0.39 is 0 Å². The Morgan fingerprint density at radius 2 is 1.90 bits per heavy atom. The minimum Gasteiger partial charge on any atom is -0.495 e. The first-order chi connectivity index (χ1) is 9.51. The van der Waals surface area contributed by atoms with Crippen molar-refractivity contribution in [1.82, 2.24) is 0 Å². The zero-order chi connectivity index (χ0) is 14.7. The Labute approximate surface area is 125 Å². The number of aryl methyl sites for hydroxylation is 2. The Hall–Kier alpha value is -1.51. The summed E-state index contributed by atoms with van der Waals surface area (Å²) in [6.07, 6.45) is 0.802. The molecular formula is C17H20ClNO. The number of nitrogens with two attached hydrogens (primary N) is 1. The van der Waals surface area contributed by atoms with Crippen LogP contribution in [0.25, 0.3) is 0 Å². The molecule has 20 heavy (non-hydrogen) atoms. The number of rotatable bonds is 4. The molecule has 2 aromatic carbocycles. The molecule has 2 N–H and O–H groups in total. The molecule has 2 nitrogen and oxygen atoms in total. The van der Waals surface area contributed by atoms with Crippen LogP contribution in [0.4, 0.5) is 0 Å². The molecule has 0 heterocycles. The van der Waals surface area contributed by atoms with Gasteiger partial charge in [-0.1, -0.05) is 41.4 Å². The standard InChI is InChI=1S/C17H20ClNO/c1-11-4-5-12(2)14(8-11)10-16(19)13-6-7-17(20-3)15(18)9-13/h4-9,16H,10,19H2,1-3H3. The molecule has 0 aliphatic carbocycles. The second kappa shape index (κ2) is 6.29. The molecule has 0 bridgehead atoms. The van der Waals surface area contributed by atoms with Crippen molar-refractivity contribution < 1.29 is 4.74 Å². The maximum Gasteiger partial charge on any atom is 0.137 e. The second-order valence-corrected chi connectivity index (χ2v) is 5.54. The molecule has 2 aromatic rings. The lowest BCUT2D eigenvalue weighted by Crippen LogP contribution is -2.14. The van der Waals surface area contributed by atoms with E-state index in [-0.39, 0.29) is 6.04 Å². The van der Waals surface area contributed by atoms with Crippen LogP contribution in [0.2, 0.25) is 5.02 Å². The molecule has 0 saturated heterocycles. The lowest BCUT2D eigenvalue weighted by atomic mass is 9.95. The van der Waals surface area contributed by atoms with E-state index in [0.717, 1.165) is 12.0 Å². The fourth-order valence-corrected chi connectivity index (χ4v) is 2.55. The number of hydrogen-bond donors (Lipinski definition) is 1. The molecule has 0 aliphatic rings. The fourth-order valence-electron chi connectivity index (χ4n) is 2.29. The molecular weight excluding hydrogens is 270 g/mol. The van der Waals surface area contributed by atoms with Crippen LogP contribution in [-0.4, -0.2) is 7.11 Å². The molecule has 0 aromatic heterocycles. The number of ether oxygens (including phenoxy) is 1. The second-order valence-electron chi connectivity index (χ2n) is 5.13. The SMILES string of the molecule is COc1ccc(C(N)Cc2cc(C)ccc2C)cc1Cl. The van der Waals surface area contributed by atoms with Crippen molar-refractivity contribution in [1.29, 1.82) is 0 Å². The molecule has 0 saturated carbocycles. The summed E-state index contributed by atoms with van der Waals surface area (Å²) < 4.78 is 5.16. The highest BCUT2D eigenvalue weighted by molar-refractivity contribution is 6.32. The largest absolute Gasteiger partial charge is 0.495 e. The Balaban J connectivity index is 2.21. The van der Waals surface area contributed by atoms with E-state index in [4.69, 9.17) is 22.1 Å². The number of methoxy groups -OCH3 is 1. The van der Waals surface area contributed by atoms with Gasteiger partial charge in [-0.2, -0.15) is 0 Å². The van der Waals surface area contributed by atoms with Crippen LogP contribution >= 0.6 is 11.6 Å². The third kappa shape index (κ3) is 3.33. The molecule has 2 rings (SSSR count). The first-order valence-electron chi connectivity index (χ1n) is 6.66. The summed E-state index contributed by atoms with van der Waals surface area (Å²) in [5, 5.41) is 0.599. The molecule has 0 spiro atoms. The summed E-state index contributed by atoms with van der Waals surface area (Å²) in [7, 11) is 1.61. The van der Waals surface area contributed by atoms with Gasteiger partial charge < -0.3 is 10.5 Å². The molecule has 0 amide bonds. The van der Waals surface area contributed by atoms with Crippen molar-refractivity contribution in [2.75, 3.05) is 7.11 Å². The third-order valence-electron chi connectivity index (χ3n) is 3.55. The summed E-state index contributed by atoms with van der Waals surface area (Å²) in [5.74, 6) is 0.675. The van der Waals surface area contributed by atoms with E-state index in [2.05, 4.69) is 32.0 Å². The quantitative estimate of drug-likeness (QED) is 0.915. The van der Waals surface area contributed by atoms with E-state index in [1.54, 1.807) is 7.11 Å². The van der Waals surface area contributed by atoms with Gasteiger partial charge in [-0.25, -0.2) is 0 Å². The van der Waals surface area contributed by atoms with Gasteiger partial charge in [0.15, 0.2) is 0 Å². The van der Waals surface area contributed by atoms with Gasteiger partial charge in [0.25, 0.3) is 0 Å². The van der Waals surface area contributed by atoms with Crippen LogP contribution in [0.1, 0.15) is 28.3 Å². The molecule has 3 heteroatoms. The number of hydrogen-bond acceptors (Lipinski definition) is 2. The normalized spacial score (nSPS) is 12.2. The molecule has 0 radical (unpaired) electrons. The van der Waals surface area contributed by atoms with Gasteiger partial charge in [0.05, 0.1) is 12.1 Å². The summed E-state index contributed by atoms with van der Waals surface area (Å²) in [4.78, 5) is 0. The highest BCUT2D eigenvalue weighted by Gasteiger charge is 2.11. The smallest absolute Gasteiger partial charge is 0.137 e. The third-order valence-corrected chi connectivity index (χ3v) is 3.84. The number of benzene rings is 2. The minimum atomic E-state index is -0.0705. The molecule has 106 valence electrons. The topological polar surface area (TPSA) is 35.2 Å². The summed E-state index contributed by atoms with van der Waals surface area (Å²) in [6.45, 7) is 4.21. The van der Waals surface area contributed by atoms with Crippen molar-refractivity contribution >= 4 is 11.6 Å². The van der Waals surface area contributed by atoms with Crippen LogP contribution < -0.4 is 10.5 Å². The van der Waals surface area contributed by atoms with Crippen LogP contribution in [-0.2, 0) is 6.42 Å². The maximum atomic E-state index is 6.31. The molecule has 1 atom stereocenters. The van der Waals surface area contributed by atoms with Crippen LogP contribution in [0, 0.1) is 13.8 Å². The Kier molecular flexibility index (Phi) is 4.69. The van der Waals surface area contributed by atoms with Crippen LogP contribution in [0.5, 0.6) is 5.75 Å². The first kappa shape index (κ1) is 14.9. The summed E-state index contributed by atoms with van der Waals surface area (Å²) in [5.41, 5.74) is 11.1. The predicted octanol–water partition coefficient (Wildman–Crippen LogP) is 4.21. The van der Waals surface area contributed by atoms with Gasteiger partial charge in [0.1, 0.15) is 5.75 Å². The van der Waals surface area contributed by atoms with Crippen molar-refractivity contribution in [3.05, 3.63) is 63.7 Å². The van der Waals surface area contributed by atoms with Crippen molar-refractivity contribution in [2.45, 2.75) is 26.3 Å². The van der Waals surface area contributed by atoms with Gasteiger partial charge in [-0.15, -0.1) is 0 Å². The van der Waals surface area contributed by atoms with Gasteiger partial charge in [-0.05, 0) is 49.1 Å². The monoisotopic (exact) mass is 289 g/mol. The zero-order valence-corrected chi connectivity index (χ0v) is 12.9. The van der Waals surface area contributed by atoms with E-state index in [1.165, 1.54) is 16.7 Å². The molecule has 1 unspecified atom stereocenters. The van der Waals surface area contributed by atoms with Crippen molar-refractivity contribution in [3.8, 4) is 5.75 Å². The predicted molar refractivity (Wildman–Crippen MR) is 84.6 cm³/mol. The van der Waals surface area contributed by atoms with E-state index >= 15 is 0 Å². The Bertz CT molecular complexity index is 610. The van der Waals surface area contributed by atoms with E-state index in [1.807, 2.05) is 18.2 Å². The Morgan fingerprint density at radius 1 is 1.15 bits per heavy atom. The summed E-state index contributed by atoms with van der Waals surface area (Å²) in [6, 6.07) is 12.1. The van der Waals surface area contributed by atoms with Gasteiger partial charge >= 0.3 is 0 Å². The van der Waals surface area contributed by atoms with Gasteiger partial charge in [0, 0.05) is 6.04 Å². The minimum absolute atomic E-state index is 0.0705. The average Bonchev–Trinajstić information content (AvgIpc) is 2.42. The number of halogens is 1. The van der Waals surface area contributed by atoms with Gasteiger partial charge in [0.2, 0.25) is 0 Å². The average molecular weight is 290 g/mol. The maximum absolute atomic E-state index is 6.31. The van der Waals surface area contributed by atoms with Gasteiger partial charge in [-0.3, -0.25) is 0 Å². The molecule has 0 aliphatic heterocycles. The van der Waals surface area contributed by atoms with Crippen LogP contribution in [0.3, 0.4) is 0 Å². The van der Waals surface area contributed by atoms with E-state index in [0.29, 0.717) is 10.8 Å². The lowest BCUT2D eigenvalue weighted by Gasteiger charge is -2.15. The summed E-state index contributed by atoms with van der Waals surface area (Å²) >= 11 is 6.15. The van der Waals surface area contributed by atoms with Crippen LogP contribution in [0.15, 0.2) is 36.4 Å². The highest BCUT2D eigenvalue weighted by atomic mass is 35.5. The first-order valence-corrected chi connectivity index (χ1v) is 7.04. The lowest BCUT2D eigenvalue weighted by molar-refractivity contribution is 0.414. The highest BCUT2D eigenvalue weighted by Crippen LogP contribution is 2.28. The van der Waals surface area contributed by atoms with Crippen molar-refractivity contribution in [2.24, 2.45) is 5.73 Å². The zero-order valence-electron chi connectivity index (χ0n) is 12.1. The fraction of sp³-hybridized carbons (Fsp3) is 0.294.